The molecule has 2 aromatic carbocycles. The third-order valence-corrected chi connectivity index (χ3v) is 17.0. The molecular weight excluding hydrogens is 852 g/mol. The Kier molecular flexibility index (Phi) is 18.3. The summed E-state index contributed by atoms with van der Waals surface area (Å²) >= 11 is 3.47. The van der Waals surface area contributed by atoms with Crippen LogP contribution in [0, 0.1) is 58.8 Å². The standard InChI is InChI=1S/C27H39BrF2O.C27H40F2O2/c28-12-8-6-4-2-1-3-5-7-9-13-31-24-11-10-23(25(29)26(24)30)27-17-20-14-21(18-27)16-22(15-20)19-27;28-25-23(27-17-20-14-21(18-27)16-22(15-20)19-27)10-11-24(26(25)29)31-13-9-7-5-3-1-2-4-6-8-12-30/h10-11,20-22H,1-9,12-19H2;10-11,20-22,30H,1-9,12-19H2. The first kappa shape index (κ1) is 48.1. The second kappa shape index (κ2) is 23.6. The van der Waals surface area contributed by atoms with Crippen LogP contribution in [0.15, 0.2) is 24.3 Å². The van der Waals surface area contributed by atoms with Gasteiger partial charge in [-0.3, -0.25) is 0 Å². The summed E-state index contributed by atoms with van der Waals surface area (Å²) in [7, 11) is 0. The minimum atomic E-state index is -0.781. The summed E-state index contributed by atoms with van der Waals surface area (Å²) in [5, 5.41) is 9.88. The molecule has 8 saturated carbocycles. The summed E-state index contributed by atoms with van der Waals surface area (Å²) < 4.78 is 71.2. The number of rotatable bonds is 26. The lowest BCUT2D eigenvalue weighted by Crippen LogP contribution is -2.49. The van der Waals surface area contributed by atoms with Crippen LogP contribution >= 0.6 is 15.9 Å². The van der Waals surface area contributed by atoms with E-state index in [0.717, 1.165) is 107 Å². The molecule has 0 heterocycles. The third-order valence-electron chi connectivity index (χ3n) is 16.4. The summed E-state index contributed by atoms with van der Waals surface area (Å²) in [5.74, 6) is 1.64. The first-order chi connectivity index (χ1) is 30.2. The number of aliphatic hydroxyl groups is 1. The van der Waals surface area contributed by atoms with Gasteiger partial charge in [0.05, 0.1) is 13.2 Å². The van der Waals surface area contributed by atoms with Crippen molar-refractivity contribution in [2.24, 2.45) is 35.5 Å². The van der Waals surface area contributed by atoms with Gasteiger partial charge >= 0.3 is 0 Å². The van der Waals surface area contributed by atoms with Gasteiger partial charge in [-0.25, -0.2) is 8.78 Å². The normalized spacial score (nSPS) is 28.9. The fourth-order valence-corrected chi connectivity index (χ4v) is 14.6. The molecule has 0 atom stereocenters. The first-order valence-corrected chi connectivity index (χ1v) is 26.7. The van der Waals surface area contributed by atoms with E-state index in [1.165, 1.54) is 109 Å². The Bertz CT molecular complexity index is 1490. The van der Waals surface area contributed by atoms with Crippen molar-refractivity contribution in [2.75, 3.05) is 25.2 Å². The number of hydrogen-bond acceptors (Lipinski definition) is 3. The van der Waals surface area contributed by atoms with Crippen LogP contribution in [-0.2, 0) is 10.8 Å². The van der Waals surface area contributed by atoms with Gasteiger partial charge in [-0.1, -0.05) is 118 Å². The number of benzene rings is 2. The topological polar surface area (TPSA) is 38.7 Å². The van der Waals surface area contributed by atoms with Gasteiger partial charge in [0, 0.05) is 11.9 Å². The third kappa shape index (κ3) is 12.3. The van der Waals surface area contributed by atoms with Gasteiger partial charge in [0.2, 0.25) is 11.6 Å². The van der Waals surface area contributed by atoms with E-state index in [2.05, 4.69) is 15.9 Å². The summed E-state index contributed by atoms with van der Waals surface area (Å²) in [4.78, 5) is 0. The highest BCUT2D eigenvalue weighted by atomic mass is 79.9. The van der Waals surface area contributed by atoms with E-state index in [-0.39, 0.29) is 22.3 Å². The van der Waals surface area contributed by atoms with Gasteiger partial charge in [-0.05, 0) is 172 Å². The Morgan fingerprint density at radius 3 is 1.02 bits per heavy atom. The van der Waals surface area contributed by atoms with E-state index in [1.54, 1.807) is 12.1 Å². The molecule has 0 spiro atoms. The highest BCUT2D eigenvalue weighted by molar-refractivity contribution is 9.09. The number of hydrogen-bond donors (Lipinski definition) is 1. The molecule has 8 bridgehead atoms. The quantitative estimate of drug-likeness (QED) is 0.0580. The minimum Gasteiger partial charge on any atom is -0.490 e. The van der Waals surface area contributed by atoms with Crippen LogP contribution in [0.3, 0.4) is 0 Å². The highest BCUT2D eigenvalue weighted by Gasteiger charge is 2.54. The van der Waals surface area contributed by atoms with E-state index in [0.29, 0.717) is 48.7 Å². The SMILES string of the molecule is Fc1c(OCCCCCCCCCCCBr)ccc(C23CC4CC(CC(C4)C2)C3)c1F.OCCCCCCCCCCCOc1ccc(C23CC4CC(CC(C4)C2)C3)c(F)c1F. The molecule has 0 amide bonds. The molecule has 10 rings (SSSR count). The number of alkyl halides is 1. The second-order valence-corrected chi connectivity index (χ2v) is 22.1. The molecule has 0 saturated heterocycles. The van der Waals surface area contributed by atoms with Crippen LogP contribution in [0.5, 0.6) is 11.5 Å². The molecule has 348 valence electrons. The predicted molar refractivity (Wildman–Crippen MR) is 247 cm³/mol. The smallest absolute Gasteiger partial charge is 0.200 e. The van der Waals surface area contributed by atoms with Crippen molar-refractivity contribution >= 4 is 15.9 Å². The number of halogens is 5. The summed E-state index contributed by atoms with van der Waals surface area (Å²) in [6.07, 6.45) is 35.1. The average Bonchev–Trinajstić information content (AvgIpc) is 3.24. The summed E-state index contributed by atoms with van der Waals surface area (Å²) in [5.41, 5.74) is 1.01. The zero-order valence-electron chi connectivity index (χ0n) is 38.0. The molecule has 8 fully saturated rings. The molecule has 0 aliphatic heterocycles. The molecular formula is C54H79BrF4O3. The molecule has 2 aromatic rings. The summed E-state index contributed by atoms with van der Waals surface area (Å²) in [6, 6.07) is 7.05. The van der Waals surface area contributed by atoms with Crippen LogP contribution in [0.2, 0.25) is 0 Å². The van der Waals surface area contributed by atoms with Gasteiger partial charge < -0.3 is 14.6 Å². The van der Waals surface area contributed by atoms with Crippen LogP contribution < -0.4 is 9.47 Å². The molecule has 0 radical (unpaired) electrons. The highest BCUT2D eigenvalue weighted by Crippen LogP contribution is 2.62. The van der Waals surface area contributed by atoms with Gasteiger partial charge in [-0.15, -0.1) is 0 Å². The molecule has 0 unspecified atom stereocenters. The molecule has 8 heteroatoms. The minimum absolute atomic E-state index is 0.0786. The van der Waals surface area contributed by atoms with Gasteiger partial charge in [0.1, 0.15) is 0 Å². The Morgan fingerprint density at radius 2 is 0.710 bits per heavy atom. The van der Waals surface area contributed by atoms with Gasteiger partial charge in [-0.2, -0.15) is 8.78 Å². The lowest BCUT2D eigenvalue weighted by Gasteiger charge is -2.57. The zero-order valence-corrected chi connectivity index (χ0v) is 39.6. The fraction of sp³-hybridized carbons (Fsp3) is 0.778. The van der Waals surface area contributed by atoms with Crippen LogP contribution in [0.4, 0.5) is 17.6 Å². The van der Waals surface area contributed by atoms with E-state index in [4.69, 9.17) is 14.6 Å². The van der Waals surface area contributed by atoms with E-state index >= 15 is 8.78 Å². The monoisotopic (exact) mass is 931 g/mol. The fourth-order valence-electron chi connectivity index (χ4n) is 14.2. The maximum absolute atomic E-state index is 15.1. The molecule has 0 aromatic heterocycles. The van der Waals surface area contributed by atoms with Crippen molar-refractivity contribution in [2.45, 2.75) is 203 Å². The molecule has 62 heavy (non-hydrogen) atoms. The van der Waals surface area contributed by atoms with Crippen molar-refractivity contribution in [1.82, 2.24) is 0 Å². The van der Waals surface area contributed by atoms with Crippen molar-refractivity contribution in [3.63, 3.8) is 0 Å². The second-order valence-electron chi connectivity index (χ2n) is 21.3. The lowest BCUT2D eigenvalue weighted by atomic mass is 9.48. The maximum atomic E-state index is 15.1. The molecule has 8 aliphatic carbocycles. The first-order valence-electron chi connectivity index (χ1n) is 25.6. The lowest BCUT2D eigenvalue weighted by molar-refractivity contribution is -0.00722. The number of ether oxygens (including phenoxy) is 2. The van der Waals surface area contributed by atoms with Gasteiger partial charge in [0.15, 0.2) is 23.1 Å². The molecule has 8 aliphatic rings. The summed E-state index contributed by atoms with van der Waals surface area (Å²) in [6.45, 7) is 1.22. The van der Waals surface area contributed by atoms with Gasteiger partial charge in [0.25, 0.3) is 0 Å². The van der Waals surface area contributed by atoms with Crippen LogP contribution in [0.25, 0.3) is 0 Å². The Labute approximate surface area is 380 Å². The Morgan fingerprint density at radius 1 is 0.419 bits per heavy atom. The van der Waals surface area contributed by atoms with Crippen molar-refractivity contribution in [3.05, 3.63) is 58.7 Å². The largest absolute Gasteiger partial charge is 0.490 e. The Balaban J connectivity index is 0.000000186. The zero-order chi connectivity index (χ0) is 43.4. The predicted octanol–water partition coefficient (Wildman–Crippen LogP) is 16.0. The molecule has 1 N–H and O–H groups in total. The van der Waals surface area contributed by atoms with Crippen LogP contribution in [-0.4, -0.2) is 30.3 Å². The molecule has 3 nitrogen and oxygen atoms in total. The van der Waals surface area contributed by atoms with E-state index < -0.39 is 23.3 Å². The maximum Gasteiger partial charge on any atom is 0.200 e. The van der Waals surface area contributed by atoms with E-state index in [9.17, 15) is 8.78 Å². The average molecular weight is 932 g/mol. The van der Waals surface area contributed by atoms with Crippen molar-refractivity contribution < 1.29 is 32.1 Å². The van der Waals surface area contributed by atoms with Crippen molar-refractivity contribution in [1.29, 1.82) is 0 Å². The number of unbranched alkanes of at least 4 members (excludes halogenated alkanes) is 16. The van der Waals surface area contributed by atoms with Crippen molar-refractivity contribution in [3.8, 4) is 11.5 Å². The van der Waals surface area contributed by atoms with Crippen LogP contribution in [0.1, 0.15) is 204 Å². The van der Waals surface area contributed by atoms with E-state index in [1.807, 2.05) is 12.1 Å². The number of aliphatic hydroxyl groups excluding tert-OH is 1. The Hall–Kier alpha value is -1.80.